The average molecular weight is 523 g/mol. The van der Waals surface area contributed by atoms with Crippen molar-refractivity contribution in [3.63, 3.8) is 0 Å². The Morgan fingerprint density at radius 2 is 1.74 bits per heavy atom. The fraction of sp³-hybridized carbons (Fsp3) is 0.208. The van der Waals surface area contributed by atoms with Crippen molar-refractivity contribution in [3.8, 4) is 5.75 Å². The Balaban J connectivity index is 1.46. The van der Waals surface area contributed by atoms with E-state index < -0.39 is 27.0 Å². The van der Waals surface area contributed by atoms with Crippen LogP contribution in [0.1, 0.15) is 21.5 Å². The van der Waals surface area contributed by atoms with Gasteiger partial charge in [-0.15, -0.1) is 0 Å². The number of anilines is 2. The number of alkyl halides is 3. The number of phenols is 1. The smallest absolute Gasteiger partial charge is 0.446 e. The van der Waals surface area contributed by atoms with Gasteiger partial charge in [0.2, 0.25) is 0 Å². The van der Waals surface area contributed by atoms with Gasteiger partial charge in [-0.05, 0) is 83.9 Å². The summed E-state index contributed by atoms with van der Waals surface area (Å²) in [7, 11) is -3.66. The Kier molecular flexibility index (Phi) is 6.74. The molecule has 3 aromatic carbocycles. The molecule has 0 aromatic heterocycles. The summed E-state index contributed by atoms with van der Waals surface area (Å²) in [5.41, 5.74) is -0.874. The molecule has 1 amide bonds. The number of halogens is 3. The fourth-order valence-electron chi connectivity index (χ4n) is 3.87. The van der Waals surface area contributed by atoms with E-state index in [0.29, 0.717) is 25.1 Å². The van der Waals surface area contributed by atoms with Crippen molar-refractivity contribution in [1.29, 1.82) is 0 Å². The molecular weight excluding hydrogens is 501 g/mol. The molecule has 0 aliphatic carbocycles. The SMILES string of the molecule is CS(=O)(=O)c1cc(NC(=O)c2ccc3c(c2)CCN(c2ccc(SC(F)(F)F)cc2)C3)ccc1O. The van der Waals surface area contributed by atoms with E-state index in [2.05, 4.69) is 10.2 Å². The molecule has 0 radical (unpaired) electrons. The fourth-order valence-corrected chi connectivity index (χ4v) is 5.19. The van der Waals surface area contributed by atoms with E-state index in [1.54, 1.807) is 24.3 Å². The van der Waals surface area contributed by atoms with Gasteiger partial charge < -0.3 is 15.3 Å². The quantitative estimate of drug-likeness (QED) is 0.353. The first kappa shape index (κ1) is 24.9. The number of fused-ring (bicyclic) bond motifs is 1. The standard InChI is InChI=1S/C24H21F3N2O4S2/c1-35(32,33)22-13-18(4-9-21(22)30)28-23(31)16-2-3-17-14-29(11-10-15(17)12-16)19-5-7-20(8-6-19)34-24(25,26)27/h2-9,12-13,30H,10-11,14H2,1H3,(H,28,31). The monoisotopic (exact) mass is 522 g/mol. The number of benzene rings is 3. The van der Waals surface area contributed by atoms with Crippen LogP contribution < -0.4 is 10.2 Å². The van der Waals surface area contributed by atoms with E-state index in [9.17, 15) is 31.5 Å². The average Bonchev–Trinajstić information content (AvgIpc) is 2.78. The molecule has 1 heterocycles. The third kappa shape index (κ3) is 6.09. The van der Waals surface area contributed by atoms with E-state index in [4.69, 9.17) is 0 Å². The molecule has 0 spiro atoms. The van der Waals surface area contributed by atoms with Crippen molar-refractivity contribution in [1.82, 2.24) is 0 Å². The Hall–Kier alpha value is -3.18. The molecule has 1 aliphatic rings. The number of hydrogen-bond donors (Lipinski definition) is 2. The van der Waals surface area contributed by atoms with Crippen LogP contribution in [0.4, 0.5) is 24.5 Å². The highest BCUT2D eigenvalue weighted by molar-refractivity contribution is 8.00. The molecule has 6 nitrogen and oxygen atoms in total. The number of aromatic hydroxyl groups is 1. The lowest BCUT2D eigenvalue weighted by Crippen LogP contribution is -2.30. The summed E-state index contributed by atoms with van der Waals surface area (Å²) in [5.74, 6) is -0.810. The number of phenolic OH excluding ortho intramolecular Hbond substituents is 1. The van der Waals surface area contributed by atoms with E-state index in [1.165, 1.54) is 30.3 Å². The summed E-state index contributed by atoms with van der Waals surface area (Å²) in [6.07, 6.45) is 1.61. The number of hydrogen-bond acceptors (Lipinski definition) is 6. The summed E-state index contributed by atoms with van der Waals surface area (Å²) in [4.78, 5) is 14.7. The lowest BCUT2D eigenvalue weighted by molar-refractivity contribution is -0.0328. The molecule has 0 unspecified atom stereocenters. The first-order valence-electron chi connectivity index (χ1n) is 10.5. The predicted molar refractivity (Wildman–Crippen MR) is 129 cm³/mol. The lowest BCUT2D eigenvalue weighted by Gasteiger charge is -2.31. The van der Waals surface area contributed by atoms with Gasteiger partial charge in [-0.2, -0.15) is 13.2 Å². The van der Waals surface area contributed by atoms with Crippen molar-refractivity contribution in [2.75, 3.05) is 23.0 Å². The lowest BCUT2D eigenvalue weighted by atomic mass is 9.96. The van der Waals surface area contributed by atoms with Gasteiger partial charge in [0.05, 0.1) is 0 Å². The predicted octanol–water partition coefficient (Wildman–Crippen LogP) is 5.22. The van der Waals surface area contributed by atoms with E-state index in [1.807, 2.05) is 6.07 Å². The van der Waals surface area contributed by atoms with E-state index in [-0.39, 0.29) is 27.2 Å². The van der Waals surface area contributed by atoms with Crippen LogP contribution in [0.25, 0.3) is 0 Å². The van der Waals surface area contributed by atoms with Crippen LogP contribution in [0, 0.1) is 0 Å². The molecule has 0 fully saturated rings. The number of rotatable bonds is 5. The van der Waals surface area contributed by atoms with Crippen molar-refractivity contribution >= 4 is 38.9 Å². The number of sulfone groups is 1. The molecule has 0 atom stereocenters. The number of nitrogens with zero attached hydrogens (tertiary/aromatic N) is 1. The second-order valence-corrected chi connectivity index (χ2v) is 11.2. The molecule has 0 saturated heterocycles. The van der Waals surface area contributed by atoms with Gasteiger partial charge in [0.15, 0.2) is 9.84 Å². The Morgan fingerprint density at radius 1 is 1.03 bits per heavy atom. The van der Waals surface area contributed by atoms with Crippen LogP contribution in [-0.2, 0) is 22.8 Å². The zero-order valence-corrected chi connectivity index (χ0v) is 20.1. The molecule has 0 saturated carbocycles. The summed E-state index contributed by atoms with van der Waals surface area (Å²) < 4.78 is 61.2. The van der Waals surface area contributed by atoms with Crippen LogP contribution in [-0.4, -0.2) is 37.7 Å². The zero-order valence-electron chi connectivity index (χ0n) is 18.5. The van der Waals surface area contributed by atoms with Crippen LogP contribution >= 0.6 is 11.8 Å². The van der Waals surface area contributed by atoms with Crippen LogP contribution in [0.5, 0.6) is 5.75 Å². The number of thioether (sulfide) groups is 1. The summed E-state index contributed by atoms with van der Waals surface area (Å²) in [6, 6.07) is 15.4. The second-order valence-electron chi connectivity index (χ2n) is 8.11. The Morgan fingerprint density at radius 3 is 2.40 bits per heavy atom. The molecule has 2 N–H and O–H groups in total. The number of carbonyl (C=O) groups is 1. The Bertz CT molecular complexity index is 1370. The van der Waals surface area contributed by atoms with E-state index in [0.717, 1.165) is 23.1 Å². The Labute approximate surface area is 204 Å². The van der Waals surface area contributed by atoms with Gasteiger partial charge in [0.1, 0.15) is 10.6 Å². The second kappa shape index (κ2) is 9.46. The number of amides is 1. The molecular formula is C24H21F3N2O4S2. The van der Waals surface area contributed by atoms with Crippen molar-refractivity contribution in [2.24, 2.45) is 0 Å². The van der Waals surface area contributed by atoms with Crippen molar-refractivity contribution < 1.29 is 31.5 Å². The molecule has 0 bridgehead atoms. The largest absolute Gasteiger partial charge is 0.507 e. The molecule has 3 aromatic rings. The minimum absolute atomic E-state index is 0.131. The van der Waals surface area contributed by atoms with Gasteiger partial charge in [0.25, 0.3) is 5.91 Å². The summed E-state index contributed by atoms with van der Waals surface area (Å²) in [6.45, 7) is 1.19. The maximum atomic E-state index is 12.7. The normalized spacial score (nSPS) is 13.9. The van der Waals surface area contributed by atoms with Gasteiger partial charge in [-0.1, -0.05) is 6.07 Å². The maximum absolute atomic E-state index is 12.7. The number of carbonyl (C=O) groups excluding carboxylic acids is 1. The van der Waals surface area contributed by atoms with Crippen LogP contribution in [0.2, 0.25) is 0 Å². The minimum Gasteiger partial charge on any atom is -0.507 e. The van der Waals surface area contributed by atoms with Crippen molar-refractivity contribution in [3.05, 3.63) is 77.4 Å². The van der Waals surface area contributed by atoms with Gasteiger partial charge in [-0.3, -0.25) is 4.79 Å². The molecule has 35 heavy (non-hydrogen) atoms. The van der Waals surface area contributed by atoms with Crippen LogP contribution in [0.3, 0.4) is 0 Å². The van der Waals surface area contributed by atoms with Crippen LogP contribution in [0.15, 0.2) is 70.5 Å². The zero-order chi connectivity index (χ0) is 25.4. The first-order chi connectivity index (χ1) is 16.4. The molecule has 11 heteroatoms. The van der Waals surface area contributed by atoms with Gasteiger partial charge >= 0.3 is 5.51 Å². The third-order valence-corrected chi connectivity index (χ3v) is 7.40. The maximum Gasteiger partial charge on any atom is 0.446 e. The van der Waals surface area contributed by atoms with Gasteiger partial charge in [0, 0.05) is 41.2 Å². The third-order valence-electron chi connectivity index (χ3n) is 5.53. The highest BCUT2D eigenvalue weighted by atomic mass is 32.2. The van der Waals surface area contributed by atoms with E-state index >= 15 is 0 Å². The molecule has 4 rings (SSSR count). The molecule has 1 aliphatic heterocycles. The minimum atomic E-state index is -4.33. The first-order valence-corrected chi connectivity index (χ1v) is 13.2. The topological polar surface area (TPSA) is 86.7 Å². The van der Waals surface area contributed by atoms with Crippen molar-refractivity contribution in [2.45, 2.75) is 28.3 Å². The summed E-state index contributed by atoms with van der Waals surface area (Å²) >= 11 is -0.147. The van der Waals surface area contributed by atoms with Gasteiger partial charge in [-0.25, -0.2) is 8.42 Å². The molecule has 184 valence electrons. The highest BCUT2D eigenvalue weighted by Crippen LogP contribution is 2.37. The highest BCUT2D eigenvalue weighted by Gasteiger charge is 2.29. The number of nitrogens with one attached hydrogen (secondary N) is 1. The summed E-state index contributed by atoms with van der Waals surface area (Å²) in [5, 5.41) is 12.4.